The van der Waals surface area contributed by atoms with Gasteiger partial charge >= 0.3 is 0 Å². The third-order valence-electron chi connectivity index (χ3n) is 4.72. The topological polar surface area (TPSA) is 86.3 Å². The van der Waals surface area contributed by atoms with Crippen molar-refractivity contribution in [1.82, 2.24) is 25.3 Å². The van der Waals surface area contributed by atoms with E-state index in [1.165, 1.54) is 17.7 Å². The van der Waals surface area contributed by atoms with Gasteiger partial charge in [0.2, 0.25) is 0 Å². The number of amides is 1. The summed E-state index contributed by atoms with van der Waals surface area (Å²) >= 11 is 0. The first-order chi connectivity index (χ1) is 12.1. The van der Waals surface area contributed by atoms with E-state index in [9.17, 15) is 4.79 Å². The molecule has 4 rings (SSSR count). The number of nitrogens with one attached hydrogen (secondary N) is 2. The molecule has 2 aliphatic rings. The number of aromatic nitrogens is 3. The summed E-state index contributed by atoms with van der Waals surface area (Å²) in [5.41, 5.74) is 7.62. The number of fused-ring (bicyclic) bond motifs is 1. The highest BCUT2D eigenvalue weighted by atomic mass is 16.2. The molecule has 2 aromatic rings. The van der Waals surface area contributed by atoms with Crippen molar-refractivity contribution in [2.45, 2.75) is 25.3 Å². The third kappa shape index (κ3) is 2.87. The lowest BCUT2D eigenvalue weighted by Crippen LogP contribution is -2.23. The van der Waals surface area contributed by atoms with Crippen molar-refractivity contribution >= 4 is 17.7 Å². The Morgan fingerprint density at radius 1 is 1.32 bits per heavy atom. The summed E-state index contributed by atoms with van der Waals surface area (Å²) in [7, 11) is 4.21. The van der Waals surface area contributed by atoms with E-state index in [0.29, 0.717) is 23.0 Å². The molecule has 0 fully saturated rings. The fourth-order valence-electron chi connectivity index (χ4n) is 3.52. The zero-order valence-electron chi connectivity index (χ0n) is 14.3. The predicted molar refractivity (Wildman–Crippen MR) is 94.8 cm³/mol. The van der Waals surface area contributed by atoms with E-state index in [-0.39, 0.29) is 5.91 Å². The Hall–Kier alpha value is -2.80. The molecule has 7 nitrogen and oxygen atoms in total. The molecule has 1 unspecified atom stereocenters. The molecule has 0 aromatic carbocycles. The number of aryl methyl sites for hydroxylation is 1. The van der Waals surface area contributed by atoms with Crippen molar-refractivity contribution in [2.75, 3.05) is 14.1 Å². The number of nitrogens with zero attached hydrogens (tertiary/aromatic N) is 4. The van der Waals surface area contributed by atoms with Gasteiger partial charge in [0.25, 0.3) is 5.91 Å². The Balaban J connectivity index is 1.71. The van der Waals surface area contributed by atoms with Crippen molar-refractivity contribution in [3.8, 4) is 0 Å². The van der Waals surface area contributed by atoms with Gasteiger partial charge in [-0.25, -0.2) is 5.43 Å². The van der Waals surface area contributed by atoms with Crippen molar-refractivity contribution in [1.29, 1.82) is 0 Å². The molecule has 0 bridgehead atoms. The van der Waals surface area contributed by atoms with Gasteiger partial charge in [-0.15, -0.1) is 0 Å². The number of hydrazone groups is 1. The van der Waals surface area contributed by atoms with Crippen molar-refractivity contribution in [3.63, 3.8) is 0 Å². The van der Waals surface area contributed by atoms with Gasteiger partial charge in [-0.3, -0.25) is 14.8 Å². The van der Waals surface area contributed by atoms with E-state index in [0.717, 1.165) is 18.5 Å². The first kappa shape index (κ1) is 15.7. The van der Waals surface area contributed by atoms with Gasteiger partial charge in [0.05, 0.1) is 11.8 Å². The van der Waals surface area contributed by atoms with Crippen molar-refractivity contribution < 1.29 is 4.79 Å². The molecule has 0 saturated heterocycles. The molecular formula is C18H20N6O. The summed E-state index contributed by atoms with van der Waals surface area (Å²) in [6, 6.07) is 2.56. The Bertz CT molecular complexity index is 865. The lowest BCUT2D eigenvalue weighted by atomic mass is 9.92. The van der Waals surface area contributed by atoms with Gasteiger partial charge in [-0.2, -0.15) is 5.10 Å². The molecule has 0 spiro atoms. The second-order valence-electron chi connectivity index (χ2n) is 6.58. The summed E-state index contributed by atoms with van der Waals surface area (Å²) in [5, 5.41) is 4.11. The Labute approximate surface area is 145 Å². The Kier molecular flexibility index (Phi) is 3.93. The molecular weight excluding hydrogens is 316 g/mol. The number of H-pyrrole nitrogens is 1. The average Bonchev–Trinajstić information content (AvgIpc) is 3.19. The highest BCUT2D eigenvalue weighted by Crippen LogP contribution is 2.34. The average molecular weight is 336 g/mol. The van der Waals surface area contributed by atoms with Crippen LogP contribution in [0.2, 0.25) is 0 Å². The quantitative estimate of drug-likeness (QED) is 0.835. The summed E-state index contributed by atoms with van der Waals surface area (Å²) in [6.07, 6.45) is 10.0. The summed E-state index contributed by atoms with van der Waals surface area (Å²) in [4.78, 5) is 26.2. The maximum absolute atomic E-state index is 12.2. The molecule has 2 N–H and O–H groups in total. The van der Waals surface area contributed by atoms with Crippen LogP contribution in [-0.4, -0.2) is 45.6 Å². The summed E-state index contributed by atoms with van der Waals surface area (Å²) in [6.45, 7) is 0. The van der Waals surface area contributed by atoms with Crippen LogP contribution in [0.15, 0.2) is 35.3 Å². The highest BCUT2D eigenvalue weighted by molar-refractivity contribution is 6.32. The first-order valence-corrected chi connectivity index (χ1v) is 8.38. The molecule has 3 heterocycles. The Morgan fingerprint density at radius 2 is 2.20 bits per heavy atom. The molecule has 0 saturated carbocycles. The van der Waals surface area contributed by atoms with Crippen LogP contribution in [0.25, 0.3) is 6.08 Å². The highest BCUT2D eigenvalue weighted by Gasteiger charge is 2.27. The molecule has 1 atom stereocenters. The molecule has 1 amide bonds. The predicted octanol–water partition coefficient (Wildman–Crippen LogP) is 1.66. The lowest BCUT2D eigenvalue weighted by Gasteiger charge is -2.28. The second kappa shape index (κ2) is 6.25. The number of carbonyl (C=O) groups excluding carboxylic acids is 1. The third-order valence-corrected chi connectivity index (χ3v) is 4.72. The monoisotopic (exact) mass is 336 g/mol. The van der Waals surface area contributed by atoms with E-state index in [1.54, 1.807) is 18.6 Å². The number of hydrogen-bond acceptors (Lipinski definition) is 5. The molecule has 25 heavy (non-hydrogen) atoms. The smallest absolute Gasteiger partial charge is 0.273 e. The van der Waals surface area contributed by atoms with Crippen LogP contribution >= 0.6 is 0 Å². The molecule has 2 aromatic heterocycles. The number of aromatic amines is 1. The Morgan fingerprint density at radius 3 is 2.96 bits per heavy atom. The van der Waals surface area contributed by atoms with Crippen molar-refractivity contribution in [3.05, 3.63) is 52.9 Å². The van der Waals surface area contributed by atoms with Gasteiger partial charge in [-0.1, -0.05) is 0 Å². The van der Waals surface area contributed by atoms with Crippen LogP contribution in [0.4, 0.5) is 0 Å². The second-order valence-corrected chi connectivity index (χ2v) is 6.58. The zero-order valence-corrected chi connectivity index (χ0v) is 14.3. The molecule has 7 heteroatoms. The van der Waals surface area contributed by atoms with Crippen LogP contribution in [0, 0.1) is 0 Å². The normalized spacial score (nSPS) is 21.4. The number of rotatable bonds is 3. The van der Waals surface area contributed by atoms with Crippen LogP contribution in [-0.2, 0) is 11.2 Å². The number of carbonyl (C=O) groups is 1. The van der Waals surface area contributed by atoms with E-state index in [2.05, 4.69) is 50.5 Å². The molecule has 1 aliphatic carbocycles. The zero-order chi connectivity index (χ0) is 17.4. The van der Waals surface area contributed by atoms with Gasteiger partial charge in [0.15, 0.2) is 0 Å². The minimum atomic E-state index is -0.225. The van der Waals surface area contributed by atoms with Crippen molar-refractivity contribution in [2.24, 2.45) is 5.10 Å². The van der Waals surface area contributed by atoms with E-state index in [4.69, 9.17) is 0 Å². The molecule has 0 radical (unpaired) electrons. The maximum Gasteiger partial charge on any atom is 0.273 e. The van der Waals surface area contributed by atoms with E-state index < -0.39 is 0 Å². The summed E-state index contributed by atoms with van der Waals surface area (Å²) in [5.74, 6) is -0.225. The van der Waals surface area contributed by atoms with Crippen LogP contribution in [0.1, 0.15) is 41.5 Å². The number of hydrogen-bond donors (Lipinski definition) is 2. The SMILES string of the molecule is CN(C)C1CCCc2[nH]c(C=C3C(=O)NN=C3c3cnccn3)cc21. The fourth-order valence-corrected chi connectivity index (χ4v) is 3.52. The standard InChI is InChI=1S/C18H20N6O/c1-24(2)16-5-3-4-14-12(16)8-11(21-14)9-13-17(22-23-18(13)25)15-10-19-6-7-20-15/h6-10,16,21H,3-5H2,1-2H3,(H,23,25). The minimum absolute atomic E-state index is 0.225. The largest absolute Gasteiger partial charge is 0.359 e. The maximum atomic E-state index is 12.2. The van der Waals surface area contributed by atoms with Crippen LogP contribution in [0.5, 0.6) is 0 Å². The van der Waals surface area contributed by atoms with Gasteiger partial charge in [-0.05, 0) is 51.1 Å². The fraction of sp³-hybridized carbons (Fsp3) is 0.333. The van der Waals surface area contributed by atoms with Crippen LogP contribution < -0.4 is 5.43 Å². The lowest BCUT2D eigenvalue weighted by molar-refractivity contribution is -0.116. The molecule has 128 valence electrons. The van der Waals surface area contributed by atoms with Gasteiger partial charge in [0, 0.05) is 29.8 Å². The van der Waals surface area contributed by atoms with Crippen LogP contribution in [0.3, 0.4) is 0 Å². The van der Waals surface area contributed by atoms with Gasteiger partial charge < -0.3 is 9.88 Å². The molecule has 1 aliphatic heterocycles. The first-order valence-electron chi connectivity index (χ1n) is 8.38. The summed E-state index contributed by atoms with van der Waals surface area (Å²) < 4.78 is 0. The minimum Gasteiger partial charge on any atom is -0.359 e. The van der Waals surface area contributed by atoms with E-state index in [1.807, 2.05) is 6.08 Å². The van der Waals surface area contributed by atoms with E-state index >= 15 is 0 Å². The van der Waals surface area contributed by atoms with Gasteiger partial charge in [0.1, 0.15) is 11.4 Å².